The summed E-state index contributed by atoms with van der Waals surface area (Å²) in [7, 11) is 0. The average Bonchev–Trinajstić information content (AvgIpc) is 2.90. The quantitative estimate of drug-likeness (QED) is 0.753. The summed E-state index contributed by atoms with van der Waals surface area (Å²) in [6, 6.07) is 7.32. The molecule has 1 atom stereocenters. The summed E-state index contributed by atoms with van der Waals surface area (Å²) in [6.45, 7) is 3.23. The van der Waals surface area contributed by atoms with Crippen LogP contribution in [0.4, 0.5) is 4.39 Å². The van der Waals surface area contributed by atoms with E-state index in [0.29, 0.717) is 6.04 Å². The van der Waals surface area contributed by atoms with Gasteiger partial charge in [-0.3, -0.25) is 0 Å². The summed E-state index contributed by atoms with van der Waals surface area (Å²) in [4.78, 5) is 0. The maximum absolute atomic E-state index is 12.9. The second kappa shape index (κ2) is 6.69. The van der Waals surface area contributed by atoms with Gasteiger partial charge in [0.15, 0.2) is 0 Å². The summed E-state index contributed by atoms with van der Waals surface area (Å²) < 4.78 is 12.9. The van der Waals surface area contributed by atoms with Gasteiger partial charge in [-0.2, -0.15) is 0 Å². The molecule has 0 amide bonds. The van der Waals surface area contributed by atoms with Crippen molar-refractivity contribution in [2.45, 2.75) is 45.1 Å². The minimum absolute atomic E-state index is 0.156. The fourth-order valence-electron chi connectivity index (χ4n) is 2.52. The van der Waals surface area contributed by atoms with Gasteiger partial charge in [0.1, 0.15) is 5.82 Å². The van der Waals surface area contributed by atoms with Crippen LogP contribution in [0, 0.1) is 5.82 Å². The predicted octanol–water partition coefficient (Wildman–Crippen LogP) is 3.85. The molecular formula is C16H22FN. The van der Waals surface area contributed by atoms with Crippen LogP contribution in [0.15, 0.2) is 35.9 Å². The van der Waals surface area contributed by atoms with Gasteiger partial charge in [0, 0.05) is 6.04 Å². The maximum atomic E-state index is 12.9. The molecule has 2 rings (SSSR count). The third kappa shape index (κ3) is 3.67. The Labute approximate surface area is 109 Å². The molecule has 0 spiro atoms. The fraction of sp³-hybridized carbons (Fsp3) is 0.500. The van der Waals surface area contributed by atoms with Gasteiger partial charge in [-0.1, -0.05) is 30.7 Å². The zero-order valence-electron chi connectivity index (χ0n) is 11.1. The topological polar surface area (TPSA) is 12.0 Å². The lowest BCUT2D eigenvalue weighted by Gasteiger charge is -2.20. The van der Waals surface area contributed by atoms with Crippen molar-refractivity contribution in [3.05, 3.63) is 47.3 Å². The third-order valence-corrected chi connectivity index (χ3v) is 3.52. The van der Waals surface area contributed by atoms with Crippen molar-refractivity contribution < 1.29 is 4.39 Å². The number of benzene rings is 1. The number of hydrogen-bond donors (Lipinski definition) is 1. The highest BCUT2D eigenvalue weighted by molar-refractivity contribution is 5.23. The van der Waals surface area contributed by atoms with E-state index in [9.17, 15) is 4.39 Å². The molecule has 1 aromatic rings. The number of nitrogens with one attached hydrogen (secondary N) is 1. The van der Waals surface area contributed by atoms with E-state index >= 15 is 0 Å². The van der Waals surface area contributed by atoms with E-state index in [1.54, 1.807) is 12.1 Å². The van der Waals surface area contributed by atoms with Gasteiger partial charge >= 0.3 is 0 Å². The zero-order chi connectivity index (χ0) is 12.8. The molecule has 0 fully saturated rings. The molecule has 2 heteroatoms. The molecule has 0 saturated carbocycles. The van der Waals surface area contributed by atoms with Crippen molar-refractivity contribution in [3.63, 3.8) is 0 Å². The lowest BCUT2D eigenvalue weighted by atomic mass is 9.98. The Hall–Kier alpha value is -1.15. The smallest absolute Gasteiger partial charge is 0.123 e. The Balaban J connectivity index is 2.01. The van der Waals surface area contributed by atoms with Crippen molar-refractivity contribution in [2.75, 3.05) is 6.54 Å². The lowest BCUT2D eigenvalue weighted by molar-refractivity contribution is 0.551. The number of halogens is 1. The number of hydrogen-bond acceptors (Lipinski definition) is 1. The summed E-state index contributed by atoms with van der Waals surface area (Å²) in [5.41, 5.74) is 2.74. The minimum Gasteiger partial charge on any atom is -0.310 e. The van der Waals surface area contributed by atoms with Gasteiger partial charge in [0.25, 0.3) is 0 Å². The van der Waals surface area contributed by atoms with Crippen LogP contribution in [-0.2, 0) is 6.42 Å². The van der Waals surface area contributed by atoms with E-state index in [-0.39, 0.29) is 5.82 Å². The van der Waals surface area contributed by atoms with Crippen molar-refractivity contribution in [1.82, 2.24) is 5.32 Å². The Bertz CT molecular complexity index is 394. The van der Waals surface area contributed by atoms with E-state index in [4.69, 9.17) is 0 Å². The van der Waals surface area contributed by atoms with Crippen molar-refractivity contribution in [1.29, 1.82) is 0 Å². The molecule has 0 aliphatic heterocycles. The van der Waals surface area contributed by atoms with Crippen LogP contribution >= 0.6 is 0 Å². The van der Waals surface area contributed by atoms with E-state index in [0.717, 1.165) is 19.4 Å². The first-order valence-corrected chi connectivity index (χ1v) is 6.96. The van der Waals surface area contributed by atoms with Crippen molar-refractivity contribution in [3.8, 4) is 0 Å². The summed E-state index contributed by atoms with van der Waals surface area (Å²) in [6.07, 6.45) is 8.19. The monoisotopic (exact) mass is 247 g/mol. The molecule has 0 bridgehead atoms. The first-order chi connectivity index (χ1) is 8.79. The first-order valence-electron chi connectivity index (χ1n) is 6.96. The molecular weight excluding hydrogens is 225 g/mol. The SMILES string of the molecule is CCCNC(Cc1ccc(F)cc1)C1=CCCC1. The highest BCUT2D eigenvalue weighted by Crippen LogP contribution is 2.23. The van der Waals surface area contributed by atoms with E-state index in [2.05, 4.69) is 18.3 Å². The molecule has 98 valence electrons. The van der Waals surface area contributed by atoms with Crippen LogP contribution < -0.4 is 5.32 Å². The van der Waals surface area contributed by atoms with Gasteiger partial charge < -0.3 is 5.32 Å². The first kappa shape index (κ1) is 13.3. The summed E-state index contributed by atoms with van der Waals surface area (Å²) in [5, 5.41) is 3.61. The molecule has 0 heterocycles. The van der Waals surface area contributed by atoms with Crippen LogP contribution in [0.2, 0.25) is 0 Å². The standard InChI is InChI=1S/C16H22FN/c1-2-11-18-16(14-5-3-4-6-14)12-13-7-9-15(17)10-8-13/h5,7-10,16,18H,2-4,6,11-12H2,1H3. The van der Waals surface area contributed by atoms with E-state index in [1.165, 1.54) is 30.4 Å². The Morgan fingerprint density at radius 1 is 1.28 bits per heavy atom. The Kier molecular flexibility index (Phi) is 4.94. The second-order valence-corrected chi connectivity index (χ2v) is 5.01. The molecule has 1 N–H and O–H groups in total. The maximum Gasteiger partial charge on any atom is 0.123 e. The number of allylic oxidation sites excluding steroid dienone is 1. The van der Waals surface area contributed by atoms with Crippen LogP contribution in [0.1, 0.15) is 38.2 Å². The lowest BCUT2D eigenvalue weighted by Crippen LogP contribution is -2.33. The van der Waals surface area contributed by atoms with Crippen LogP contribution in [0.25, 0.3) is 0 Å². The van der Waals surface area contributed by atoms with Gasteiger partial charge in [-0.05, 0) is 56.3 Å². The molecule has 0 saturated heterocycles. The molecule has 0 aromatic heterocycles. The van der Waals surface area contributed by atoms with E-state index < -0.39 is 0 Å². The summed E-state index contributed by atoms with van der Waals surface area (Å²) in [5.74, 6) is -0.156. The van der Waals surface area contributed by atoms with Crippen LogP contribution in [-0.4, -0.2) is 12.6 Å². The molecule has 1 unspecified atom stereocenters. The van der Waals surface area contributed by atoms with Crippen LogP contribution in [0.3, 0.4) is 0 Å². The third-order valence-electron chi connectivity index (χ3n) is 3.52. The zero-order valence-corrected chi connectivity index (χ0v) is 11.1. The molecule has 0 radical (unpaired) electrons. The van der Waals surface area contributed by atoms with Gasteiger partial charge in [0.2, 0.25) is 0 Å². The summed E-state index contributed by atoms with van der Waals surface area (Å²) >= 11 is 0. The minimum atomic E-state index is -0.156. The van der Waals surface area contributed by atoms with E-state index in [1.807, 2.05) is 12.1 Å². The molecule has 1 aliphatic carbocycles. The van der Waals surface area contributed by atoms with Crippen molar-refractivity contribution >= 4 is 0 Å². The average molecular weight is 247 g/mol. The second-order valence-electron chi connectivity index (χ2n) is 5.01. The van der Waals surface area contributed by atoms with Crippen molar-refractivity contribution in [2.24, 2.45) is 0 Å². The fourth-order valence-corrected chi connectivity index (χ4v) is 2.52. The Morgan fingerprint density at radius 3 is 2.67 bits per heavy atom. The molecule has 18 heavy (non-hydrogen) atoms. The highest BCUT2D eigenvalue weighted by Gasteiger charge is 2.16. The molecule has 1 aliphatic rings. The van der Waals surface area contributed by atoms with Gasteiger partial charge in [0.05, 0.1) is 0 Å². The van der Waals surface area contributed by atoms with Crippen LogP contribution in [0.5, 0.6) is 0 Å². The molecule has 1 nitrogen and oxygen atoms in total. The normalized spacial score (nSPS) is 16.7. The predicted molar refractivity (Wildman–Crippen MR) is 74.1 cm³/mol. The van der Waals surface area contributed by atoms with Gasteiger partial charge in [-0.25, -0.2) is 4.39 Å². The largest absolute Gasteiger partial charge is 0.310 e. The highest BCUT2D eigenvalue weighted by atomic mass is 19.1. The number of rotatable bonds is 6. The molecule has 1 aromatic carbocycles. The van der Waals surface area contributed by atoms with Gasteiger partial charge in [-0.15, -0.1) is 0 Å². The Morgan fingerprint density at radius 2 is 2.06 bits per heavy atom.